The van der Waals surface area contributed by atoms with E-state index in [0.717, 1.165) is 37.0 Å². The molecule has 1 aliphatic heterocycles. The summed E-state index contributed by atoms with van der Waals surface area (Å²) in [5, 5.41) is 11.4. The van der Waals surface area contributed by atoms with Crippen molar-refractivity contribution in [3.63, 3.8) is 0 Å². The van der Waals surface area contributed by atoms with Gasteiger partial charge in [0.05, 0.1) is 18.1 Å². The van der Waals surface area contributed by atoms with E-state index in [1.165, 1.54) is 5.56 Å². The molecule has 3 rings (SSSR count). The van der Waals surface area contributed by atoms with Gasteiger partial charge in [-0.2, -0.15) is 0 Å². The van der Waals surface area contributed by atoms with Crippen molar-refractivity contribution in [3.05, 3.63) is 36.4 Å². The maximum Gasteiger partial charge on any atom is 0.234 e. The molecule has 1 fully saturated rings. The number of likely N-dealkylation sites (tertiary alicyclic amines) is 1. The fraction of sp³-hybridized carbons (Fsp3) is 0.471. The van der Waals surface area contributed by atoms with E-state index in [1.807, 2.05) is 4.68 Å². The molecular weight excluding hydrogens is 290 g/mol. The highest BCUT2D eigenvalue weighted by atomic mass is 16.2. The minimum absolute atomic E-state index is 0.0602. The number of benzene rings is 1. The van der Waals surface area contributed by atoms with Crippen LogP contribution in [0.15, 0.2) is 30.9 Å². The number of hydrogen-bond acceptors (Lipinski definition) is 4. The first-order chi connectivity index (χ1) is 11.2. The monoisotopic (exact) mass is 313 g/mol. The second-order valence-electron chi connectivity index (χ2n) is 6.13. The number of nitrogens with one attached hydrogen (secondary N) is 1. The number of carbonyl (C=O) groups excluding carboxylic acids is 1. The molecule has 1 saturated heterocycles. The van der Waals surface area contributed by atoms with E-state index < -0.39 is 0 Å². The molecule has 1 N–H and O–H groups in total. The lowest BCUT2D eigenvalue weighted by Crippen LogP contribution is -2.42. The Morgan fingerprint density at radius 2 is 2.22 bits per heavy atom. The zero-order chi connectivity index (χ0) is 16.2. The molecular formula is C17H23N5O. The van der Waals surface area contributed by atoms with Crippen LogP contribution in [0.4, 0.5) is 0 Å². The van der Waals surface area contributed by atoms with E-state index in [0.29, 0.717) is 19.1 Å². The third-order valence-electron chi connectivity index (χ3n) is 4.34. The van der Waals surface area contributed by atoms with E-state index in [4.69, 9.17) is 0 Å². The highest BCUT2D eigenvalue weighted by Gasteiger charge is 2.23. The lowest BCUT2D eigenvalue weighted by molar-refractivity contribution is -0.122. The van der Waals surface area contributed by atoms with Crippen LogP contribution >= 0.6 is 0 Å². The molecule has 1 aliphatic rings. The van der Waals surface area contributed by atoms with Gasteiger partial charge in [0, 0.05) is 19.6 Å². The smallest absolute Gasteiger partial charge is 0.234 e. The normalized spacial score (nSPS) is 16.6. The molecule has 0 radical (unpaired) electrons. The van der Waals surface area contributed by atoms with Crippen molar-refractivity contribution in [1.29, 1.82) is 0 Å². The lowest BCUT2D eigenvalue weighted by atomic mass is 10.0. The summed E-state index contributed by atoms with van der Waals surface area (Å²) >= 11 is 0. The Hall–Kier alpha value is -2.21. The molecule has 0 saturated carbocycles. The number of nitrogens with zero attached hydrogens (tertiary/aromatic N) is 4. The van der Waals surface area contributed by atoms with Crippen molar-refractivity contribution in [2.45, 2.75) is 25.8 Å². The van der Waals surface area contributed by atoms with E-state index in [9.17, 15) is 4.79 Å². The number of piperidine rings is 1. The fourth-order valence-corrected chi connectivity index (χ4v) is 3.09. The van der Waals surface area contributed by atoms with Gasteiger partial charge in [-0.1, -0.05) is 17.4 Å². The van der Waals surface area contributed by atoms with Crippen LogP contribution in [0.25, 0.3) is 11.0 Å². The Morgan fingerprint density at radius 1 is 1.43 bits per heavy atom. The van der Waals surface area contributed by atoms with Crippen LogP contribution in [0.1, 0.15) is 24.4 Å². The molecule has 6 heteroatoms. The Morgan fingerprint density at radius 3 is 2.96 bits per heavy atom. The second-order valence-corrected chi connectivity index (χ2v) is 6.13. The first kappa shape index (κ1) is 15.7. The number of fused-ring (bicyclic) bond motifs is 1. The predicted molar refractivity (Wildman–Crippen MR) is 90.2 cm³/mol. The fourth-order valence-electron chi connectivity index (χ4n) is 3.09. The Balaban J connectivity index is 1.60. The van der Waals surface area contributed by atoms with Crippen molar-refractivity contribution >= 4 is 16.9 Å². The molecule has 2 aromatic rings. The number of carbonyl (C=O) groups is 1. The van der Waals surface area contributed by atoms with Gasteiger partial charge >= 0.3 is 0 Å². The van der Waals surface area contributed by atoms with E-state index >= 15 is 0 Å². The third-order valence-corrected chi connectivity index (χ3v) is 4.34. The van der Waals surface area contributed by atoms with Gasteiger partial charge in [0.2, 0.25) is 5.91 Å². The summed E-state index contributed by atoms with van der Waals surface area (Å²) < 4.78 is 2.05. The second kappa shape index (κ2) is 6.91. The summed E-state index contributed by atoms with van der Waals surface area (Å²) in [6.07, 6.45) is 3.67. The van der Waals surface area contributed by atoms with Gasteiger partial charge < -0.3 is 5.32 Å². The molecule has 0 aliphatic carbocycles. The first-order valence-electron chi connectivity index (χ1n) is 8.09. The average molecular weight is 313 g/mol. The van der Waals surface area contributed by atoms with Crippen molar-refractivity contribution in [1.82, 2.24) is 25.2 Å². The molecule has 23 heavy (non-hydrogen) atoms. The summed E-state index contributed by atoms with van der Waals surface area (Å²) in [4.78, 5) is 14.0. The molecule has 122 valence electrons. The predicted octanol–water partition coefficient (Wildman–Crippen LogP) is 1.68. The molecule has 1 aromatic carbocycles. The molecule has 0 unspecified atom stereocenters. The zero-order valence-electron chi connectivity index (χ0n) is 13.5. The summed E-state index contributed by atoms with van der Waals surface area (Å²) in [7, 11) is 0. The number of aromatic nitrogens is 3. The molecule has 6 nitrogen and oxygen atoms in total. The number of rotatable bonds is 5. The highest BCUT2D eigenvalue weighted by Crippen LogP contribution is 2.25. The standard InChI is InChI=1S/C17H23N5O/c1-3-8-18-17(23)12-21-9-6-14(7-10-21)22-16-5-4-13(2)11-15(16)19-20-22/h3-5,11,14H,1,6-10,12H2,2H3,(H,18,23). The van der Waals surface area contributed by atoms with Crippen molar-refractivity contribution in [2.24, 2.45) is 0 Å². The van der Waals surface area contributed by atoms with Crippen LogP contribution in [0.5, 0.6) is 0 Å². The minimum Gasteiger partial charge on any atom is -0.352 e. The van der Waals surface area contributed by atoms with Gasteiger partial charge in [-0.15, -0.1) is 11.7 Å². The maximum absolute atomic E-state index is 11.8. The zero-order valence-corrected chi connectivity index (χ0v) is 13.5. The van der Waals surface area contributed by atoms with Crippen LogP contribution in [-0.4, -0.2) is 52.0 Å². The SMILES string of the molecule is C=CCNC(=O)CN1CCC(n2nnc3cc(C)ccc32)CC1. The van der Waals surface area contributed by atoms with Crippen LogP contribution < -0.4 is 5.32 Å². The first-order valence-corrected chi connectivity index (χ1v) is 8.09. The molecule has 0 bridgehead atoms. The summed E-state index contributed by atoms with van der Waals surface area (Å²) in [5.41, 5.74) is 3.25. The quantitative estimate of drug-likeness (QED) is 0.853. The van der Waals surface area contributed by atoms with Gasteiger partial charge in [-0.05, 0) is 37.5 Å². The highest BCUT2D eigenvalue weighted by molar-refractivity contribution is 5.78. The lowest BCUT2D eigenvalue weighted by Gasteiger charge is -2.31. The molecule has 0 atom stereocenters. The van der Waals surface area contributed by atoms with Gasteiger partial charge in [0.1, 0.15) is 5.52 Å². The van der Waals surface area contributed by atoms with Crippen LogP contribution in [-0.2, 0) is 4.79 Å². The Bertz CT molecular complexity index is 700. The topological polar surface area (TPSA) is 63.1 Å². The Labute approximate surface area is 136 Å². The summed E-state index contributed by atoms with van der Waals surface area (Å²) in [5.74, 6) is 0.0602. The Kier molecular flexibility index (Phi) is 4.71. The van der Waals surface area contributed by atoms with E-state index in [2.05, 4.69) is 52.2 Å². The minimum atomic E-state index is 0.0602. The number of hydrogen-bond donors (Lipinski definition) is 1. The van der Waals surface area contributed by atoms with Crippen molar-refractivity contribution < 1.29 is 4.79 Å². The molecule has 1 aromatic heterocycles. The molecule has 0 spiro atoms. The third kappa shape index (κ3) is 3.59. The van der Waals surface area contributed by atoms with Crippen molar-refractivity contribution in [3.8, 4) is 0 Å². The van der Waals surface area contributed by atoms with Gasteiger partial charge in [0.25, 0.3) is 0 Å². The van der Waals surface area contributed by atoms with E-state index in [1.54, 1.807) is 6.08 Å². The average Bonchev–Trinajstić information content (AvgIpc) is 2.96. The van der Waals surface area contributed by atoms with Gasteiger partial charge in [0.15, 0.2) is 0 Å². The van der Waals surface area contributed by atoms with Crippen molar-refractivity contribution in [2.75, 3.05) is 26.2 Å². The van der Waals surface area contributed by atoms with E-state index in [-0.39, 0.29) is 5.91 Å². The van der Waals surface area contributed by atoms with Crippen LogP contribution in [0.2, 0.25) is 0 Å². The molecule has 1 amide bonds. The molecule has 2 heterocycles. The summed E-state index contributed by atoms with van der Waals surface area (Å²) in [6, 6.07) is 6.62. The largest absolute Gasteiger partial charge is 0.352 e. The number of amides is 1. The van der Waals surface area contributed by atoms with Gasteiger partial charge in [-0.3, -0.25) is 9.69 Å². The van der Waals surface area contributed by atoms with Gasteiger partial charge in [-0.25, -0.2) is 4.68 Å². The number of aryl methyl sites for hydroxylation is 1. The van der Waals surface area contributed by atoms with Crippen LogP contribution in [0, 0.1) is 6.92 Å². The maximum atomic E-state index is 11.8. The summed E-state index contributed by atoms with van der Waals surface area (Å²) in [6.45, 7) is 8.46. The van der Waals surface area contributed by atoms with Crippen LogP contribution in [0.3, 0.4) is 0 Å².